The summed E-state index contributed by atoms with van der Waals surface area (Å²) in [6.45, 7) is 1.64. The lowest BCUT2D eigenvalue weighted by molar-refractivity contribution is -0.116. The minimum atomic E-state index is -0.497. The molecule has 0 radical (unpaired) electrons. The minimum absolute atomic E-state index is 0.109. The molecule has 0 aromatic heterocycles. The Labute approximate surface area is 123 Å². The zero-order valence-corrected chi connectivity index (χ0v) is 12.2. The van der Waals surface area contributed by atoms with Gasteiger partial charge in [-0.1, -0.05) is 0 Å². The van der Waals surface area contributed by atoms with Gasteiger partial charge in [-0.2, -0.15) is 0 Å². The van der Waals surface area contributed by atoms with E-state index in [0.717, 1.165) is 19.4 Å². The summed E-state index contributed by atoms with van der Waals surface area (Å²) in [4.78, 5) is 11.9. The average Bonchev–Trinajstić information content (AvgIpc) is 2.94. The summed E-state index contributed by atoms with van der Waals surface area (Å²) >= 11 is 0. The van der Waals surface area contributed by atoms with E-state index in [1.165, 1.54) is 12.1 Å². The van der Waals surface area contributed by atoms with E-state index >= 15 is 0 Å². The Morgan fingerprint density at radius 3 is 3.00 bits per heavy atom. The molecule has 1 aliphatic heterocycles. The summed E-state index contributed by atoms with van der Waals surface area (Å²) in [6.07, 6.45) is 2.52. The third-order valence-corrected chi connectivity index (χ3v) is 3.35. The van der Waals surface area contributed by atoms with Crippen LogP contribution in [0.1, 0.15) is 19.3 Å². The standard InChI is InChI=1S/C15H21FN2O3/c1-20-7-8-21-14-5-4-12(9-13(14)16)18-15(19)10-11-3-2-6-17-11/h4-5,9,11,17H,2-3,6-8,10H2,1H3,(H,18,19). The van der Waals surface area contributed by atoms with Crippen molar-refractivity contribution in [1.82, 2.24) is 5.32 Å². The number of halogens is 1. The van der Waals surface area contributed by atoms with Crippen molar-refractivity contribution in [2.24, 2.45) is 0 Å². The number of ether oxygens (including phenoxy) is 2. The Morgan fingerprint density at radius 2 is 2.33 bits per heavy atom. The molecule has 0 aliphatic carbocycles. The first-order valence-corrected chi connectivity index (χ1v) is 7.13. The van der Waals surface area contributed by atoms with Gasteiger partial charge in [0.15, 0.2) is 11.6 Å². The Bertz CT molecular complexity index is 476. The maximum absolute atomic E-state index is 13.8. The van der Waals surface area contributed by atoms with Crippen LogP contribution >= 0.6 is 0 Å². The molecule has 1 aromatic carbocycles. The predicted molar refractivity (Wildman–Crippen MR) is 78.0 cm³/mol. The van der Waals surface area contributed by atoms with Crippen molar-refractivity contribution in [3.8, 4) is 5.75 Å². The van der Waals surface area contributed by atoms with Crippen molar-refractivity contribution in [1.29, 1.82) is 0 Å². The van der Waals surface area contributed by atoms with E-state index < -0.39 is 5.82 Å². The van der Waals surface area contributed by atoms with Crippen molar-refractivity contribution in [2.75, 3.05) is 32.2 Å². The number of hydrogen-bond donors (Lipinski definition) is 2. The van der Waals surface area contributed by atoms with Gasteiger partial charge in [-0.3, -0.25) is 4.79 Å². The van der Waals surface area contributed by atoms with Gasteiger partial charge in [0.05, 0.1) is 6.61 Å². The van der Waals surface area contributed by atoms with Gasteiger partial charge < -0.3 is 20.1 Å². The molecule has 1 fully saturated rings. The molecule has 1 amide bonds. The highest BCUT2D eigenvalue weighted by atomic mass is 19.1. The molecule has 1 aromatic rings. The summed E-state index contributed by atoms with van der Waals surface area (Å²) in [5.74, 6) is -0.452. The highest BCUT2D eigenvalue weighted by Crippen LogP contribution is 2.21. The number of rotatable bonds is 7. The lowest BCUT2D eigenvalue weighted by atomic mass is 10.1. The van der Waals surface area contributed by atoms with Gasteiger partial charge in [0.25, 0.3) is 0 Å². The van der Waals surface area contributed by atoms with Gasteiger partial charge in [0.1, 0.15) is 6.61 Å². The fraction of sp³-hybridized carbons (Fsp3) is 0.533. The molecule has 21 heavy (non-hydrogen) atoms. The van der Waals surface area contributed by atoms with Crippen LogP contribution in [0.3, 0.4) is 0 Å². The van der Waals surface area contributed by atoms with Crippen molar-refractivity contribution in [3.05, 3.63) is 24.0 Å². The Balaban J connectivity index is 1.85. The fourth-order valence-electron chi connectivity index (χ4n) is 2.30. The van der Waals surface area contributed by atoms with Gasteiger partial charge >= 0.3 is 0 Å². The van der Waals surface area contributed by atoms with Crippen LogP contribution in [0.25, 0.3) is 0 Å². The molecular formula is C15H21FN2O3. The summed E-state index contributed by atoms with van der Waals surface area (Å²) < 4.78 is 23.9. The summed E-state index contributed by atoms with van der Waals surface area (Å²) in [7, 11) is 1.55. The van der Waals surface area contributed by atoms with Gasteiger partial charge in [0.2, 0.25) is 5.91 Å². The molecule has 1 atom stereocenters. The number of methoxy groups -OCH3 is 1. The SMILES string of the molecule is COCCOc1ccc(NC(=O)CC2CCCN2)cc1F. The van der Waals surface area contributed by atoms with E-state index in [-0.39, 0.29) is 24.3 Å². The second-order valence-electron chi connectivity index (χ2n) is 5.03. The third-order valence-electron chi connectivity index (χ3n) is 3.35. The van der Waals surface area contributed by atoms with E-state index in [4.69, 9.17) is 9.47 Å². The largest absolute Gasteiger partial charge is 0.488 e. The molecule has 2 rings (SSSR count). The maximum Gasteiger partial charge on any atom is 0.225 e. The Morgan fingerprint density at radius 1 is 1.48 bits per heavy atom. The molecule has 5 nitrogen and oxygen atoms in total. The second-order valence-corrected chi connectivity index (χ2v) is 5.03. The Hall–Kier alpha value is -1.66. The molecule has 0 saturated carbocycles. The molecule has 2 N–H and O–H groups in total. The molecule has 0 spiro atoms. The monoisotopic (exact) mass is 296 g/mol. The highest BCUT2D eigenvalue weighted by molar-refractivity contribution is 5.91. The first kappa shape index (κ1) is 15.7. The summed E-state index contributed by atoms with van der Waals surface area (Å²) in [6, 6.07) is 4.63. The maximum atomic E-state index is 13.8. The quantitative estimate of drug-likeness (QED) is 0.755. The van der Waals surface area contributed by atoms with Crippen molar-refractivity contribution in [3.63, 3.8) is 0 Å². The van der Waals surface area contributed by atoms with Crippen LogP contribution in [-0.2, 0) is 9.53 Å². The van der Waals surface area contributed by atoms with Crippen LogP contribution in [0, 0.1) is 5.82 Å². The smallest absolute Gasteiger partial charge is 0.225 e. The molecule has 116 valence electrons. The number of amides is 1. The van der Waals surface area contributed by atoms with Crippen LogP contribution < -0.4 is 15.4 Å². The van der Waals surface area contributed by atoms with Crippen molar-refractivity contribution >= 4 is 11.6 Å². The van der Waals surface area contributed by atoms with Crippen LogP contribution in [0.2, 0.25) is 0 Å². The average molecular weight is 296 g/mol. The third kappa shape index (κ3) is 4.99. The number of nitrogens with one attached hydrogen (secondary N) is 2. The van der Waals surface area contributed by atoms with E-state index in [1.54, 1.807) is 13.2 Å². The number of hydrogen-bond acceptors (Lipinski definition) is 4. The van der Waals surface area contributed by atoms with E-state index in [1.807, 2.05) is 0 Å². The normalized spacial score (nSPS) is 17.7. The van der Waals surface area contributed by atoms with Gasteiger partial charge in [0, 0.05) is 31.3 Å². The Kier molecular flexibility index (Phi) is 5.95. The van der Waals surface area contributed by atoms with Crippen LogP contribution in [0.15, 0.2) is 18.2 Å². The fourth-order valence-corrected chi connectivity index (χ4v) is 2.30. The number of anilines is 1. The molecule has 1 heterocycles. The number of carbonyl (C=O) groups is 1. The summed E-state index contributed by atoms with van der Waals surface area (Å²) in [5.41, 5.74) is 0.439. The molecule has 1 aliphatic rings. The topological polar surface area (TPSA) is 59.6 Å². The number of carbonyl (C=O) groups excluding carboxylic acids is 1. The summed E-state index contributed by atoms with van der Waals surface area (Å²) in [5, 5.41) is 5.96. The van der Waals surface area contributed by atoms with Gasteiger partial charge in [-0.15, -0.1) is 0 Å². The molecule has 0 bridgehead atoms. The molecule has 1 unspecified atom stereocenters. The van der Waals surface area contributed by atoms with Crippen molar-refractivity contribution in [2.45, 2.75) is 25.3 Å². The van der Waals surface area contributed by atoms with Crippen LogP contribution in [0.4, 0.5) is 10.1 Å². The van der Waals surface area contributed by atoms with Crippen molar-refractivity contribution < 1.29 is 18.7 Å². The molecule has 6 heteroatoms. The molecular weight excluding hydrogens is 275 g/mol. The predicted octanol–water partition coefficient (Wildman–Crippen LogP) is 1.93. The van der Waals surface area contributed by atoms with Crippen LogP contribution in [0.5, 0.6) is 5.75 Å². The van der Waals surface area contributed by atoms with Crippen LogP contribution in [-0.4, -0.2) is 38.8 Å². The lowest BCUT2D eigenvalue weighted by Gasteiger charge is -2.12. The zero-order valence-electron chi connectivity index (χ0n) is 12.2. The molecule has 1 saturated heterocycles. The number of benzene rings is 1. The second kappa shape index (κ2) is 7.95. The zero-order chi connectivity index (χ0) is 15.1. The lowest BCUT2D eigenvalue weighted by Crippen LogP contribution is -2.27. The van der Waals surface area contributed by atoms with E-state index in [2.05, 4.69) is 10.6 Å². The van der Waals surface area contributed by atoms with Gasteiger partial charge in [-0.05, 0) is 31.5 Å². The van der Waals surface area contributed by atoms with E-state index in [0.29, 0.717) is 18.7 Å². The minimum Gasteiger partial charge on any atom is -0.488 e. The highest BCUT2D eigenvalue weighted by Gasteiger charge is 2.17. The first-order chi connectivity index (χ1) is 10.2. The first-order valence-electron chi connectivity index (χ1n) is 7.13. The van der Waals surface area contributed by atoms with Gasteiger partial charge in [-0.25, -0.2) is 4.39 Å². The van der Waals surface area contributed by atoms with E-state index in [9.17, 15) is 9.18 Å².